The summed E-state index contributed by atoms with van der Waals surface area (Å²) in [4.78, 5) is 0. The van der Waals surface area contributed by atoms with Gasteiger partial charge in [0, 0.05) is 6.04 Å². The summed E-state index contributed by atoms with van der Waals surface area (Å²) in [7, 11) is 0. The second kappa shape index (κ2) is 5.88. The van der Waals surface area contributed by atoms with Crippen LogP contribution in [-0.2, 0) is 12.8 Å². The lowest BCUT2D eigenvalue weighted by atomic mass is 9.87. The minimum Gasteiger partial charge on any atom is -0.314 e. The Labute approximate surface area is 112 Å². The fourth-order valence-electron chi connectivity index (χ4n) is 2.79. The highest BCUT2D eigenvalue weighted by Crippen LogP contribution is 2.21. The molecule has 1 atom stereocenters. The molecule has 2 rings (SSSR count). The lowest BCUT2D eigenvalue weighted by molar-refractivity contribution is 0.399. The van der Waals surface area contributed by atoms with Crippen molar-refractivity contribution in [3.05, 3.63) is 35.4 Å². The van der Waals surface area contributed by atoms with Crippen LogP contribution in [0.15, 0.2) is 24.3 Å². The Morgan fingerprint density at radius 2 is 1.72 bits per heavy atom. The fourth-order valence-corrected chi connectivity index (χ4v) is 2.79. The molecule has 1 nitrogen and oxygen atoms in total. The van der Waals surface area contributed by atoms with Crippen molar-refractivity contribution in [3.8, 4) is 0 Å². The van der Waals surface area contributed by atoms with Gasteiger partial charge in [0.05, 0.1) is 0 Å². The lowest BCUT2D eigenvalue weighted by Crippen LogP contribution is -2.35. The maximum atomic E-state index is 3.62. The van der Waals surface area contributed by atoms with Gasteiger partial charge in [0.15, 0.2) is 0 Å². The Bertz CT molecular complexity index is 352. The first-order valence-corrected chi connectivity index (χ1v) is 7.34. The fraction of sp³-hybridized carbons (Fsp3) is 0.647. The van der Waals surface area contributed by atoms with Gasteiger partial charge in [-0.2, -0.15) is 0 Å². The molecule has 1 aliphatic heterocycles. The lowest BCUT2D eigenvalue weighted by Gasteiger charge is -2.23. The van der Waals surface area contributed by atoms with E-state index in [1.807, 2.05) is 0 Å². The minimum absolute atomic E-state index is 0.381. The van der Waals surface area contributed by atoms with Crippen molar-refractivity contribution in [1.29, 1.82) is 0 Å². The molecular formula is C17H27N. The van der Waals surface area contributed by atoms with Crippen molar-refractivity contribution in [2.45, 2.75) is 58.9 Å². The summed E-state index contributed by atoms with van der Waals surface area (Å²) in [5.74, 6) is 0. The van der Waals surface area contributed by atoms with Crippen molar-refractivity contribution >= 4 is 0 Å². The minimum atomic E-state index is 0.381. The van der Waals surface area contributed by atoms with Crippen molar-refractivity contribution in [3.63, 3.8) is 0 Å². The van der Waals surface area contributed by atoms with Crippen LogP contribution in [0.5, 0.6) is 0 Å². The van der Waals surface area contributed by atoms with Gasteiger partial charge in [-0.05, 0) is 48.8 Å². The van der Waals surface area contributed by atoms with E-state index in [9.17, 15) is 0 Å². The number of benzene rings is 1. The third kappa shape index (κ3) is 4.45. The molecule has 1 aromatic carbocycles. The van der Waals surface area contributed by atoms with Crippen LogP contribution < -0.4 is 5.32 Å². The average Bonchev–Trinajstić information content (AvgIpc) is 2.31. The van der Waals surface area contributed by atoms with Crippen LogP contribution in [-0.4, -0.2) is 12.6 Å². The topological polar surface area (TPSA) is 12.0 Å². The molecule has 0 saturated carbocycles. The summed E-state index contributed by atoms with van der Waals surface area (Å²) in [5, 5.41) is 3.62. The van der Waals surface area contributed by atoms with Gasteiger partial charge < -0.3 is 5.32 Å². The second-order valence-corrected chi connectivity index (χ2v) is 6.90. The van der Waals surface area contributed by atoms with E-state index in [1.54, 1.807) is 0 Å². The van der Waals surface area contributed by atoms with Crippen molar-refractivity contribution in [2.24, 2.45) is 5.41 Å². The SMILES string of the molecule is CC(C)(C)Cc1ccc(CC2CCCCN2)cc1. The molecule has 1 heterocycles. The molecule has 1 aromatic rings. The van der Waals surface area contributed by atoms with Gasteiger partial charge in [-0.1, -0.05) is 51.5 Å². The normalized spacial score (nSPS) is 20.9. The molecule has 0 spiro atoms. The summed E-state index contributed by atoms with van der Waals surface area (Å²) in [6.07, 6.45) is 6.43. The van der Waals surface area contributed by atoms with Crippen LogP contribution in [0.3, 0.4) is 0 Å². The van der Waals surface area contributed by atoms with Gasteiger partial charge in [0.25, 0.3) is 0 Å². The molecule has 0 aromatic heterocycles. The van der Waals surface area contributed by atoms with E-state index in [2.05, 4.69) is 50.4 Å². The van der Waals surface area contributed by atoms with E-state index >= 15 is 0 Å². The molecule has 0 aliphatic carbocycles. The number of nitrogens with one attached hydrogen (secondary N) is 1. The Hall–Kier alpha value is -0.820. The van der Waals surface area contributed by atoms with E-state index in [1.165, 1.54) is 43.4 Å². The molecule has 1 fully saturated rings. The van der Waals surface area contributed by atoms with Crippen LogP contribution in [0.2, 0.25) is 0 Å². The highest BCUT2D eigenvalue weighted by molar-refractivity contribution is 5.24. The highest BCUT2D eigenvalue weighted by atomic mass is 14.9. The van der Waals surface area contributed by atoms with Crippen molar-refractivity contribution in [1.82, 2.24) is 5.32 Å². The quantitative estimate of drug-likeness (QED) is 0.850. The van der Waals surface area contributed by atoms with Crippen molar-refractivity contribution in [2.75, 3.05) is 6.54 Å². The predicted molar refractivity (Wildman–Crippen MR) is 78.9 cm³/mol. The number of rotatable bonds is 3. The maximum Gasteiger partial charge on any atom is 0.0107 e. The van der Waals surface area contributed by atoms with Gasteiger partial charge in [-0.25, -0.2) is 0 Å². The zero-order chi connectivity index (χ0) is 13.0. The van der Waals surface area contributed by atoms with Crippen LogP contribution in [0.25, 0.3) is 0 Å². The summed E-state index contributed by atoms with van der Waals surface area (Å²) in [6, 6.07) is 9.95. The summed E-state index contributed by atoms with van der Waals surface area (Å²) >= 11 is 0. The molecule has 1 heteroatoms. The number of hydrogen-bond donors (Lipinski definition) is 1. The molecule has 1 aliphatic rings. The molecule has 0 amide bonds. The van der Waals surface area contributed by atoms with Gasteiger partial charge in [-0.15, -0.1) is 0 Å². The van der Waals surface area contributed by atoms with E-state index in [4.69, 9.17) is 0 Å². The number of hydrogen-bond acceptors (Lipinski definition) is 1. The molecule has 1 unspecified atom stereocenters. The first-order chi connectivity index (χ1) is 8.53. The highest BCUT2D eigenvalue weighted by Gasteiger charge is 2.14. The standard InChI is InChI=1S/C17H27N/c1-17(2,3)13-15-9-7-14(8-10-15)12-16-6-4-5-11-18-16/h7-10,16,18H,4-6,11-13H2,1-3H3. The second-order valence-electron chi connectivity index (χ2n) is 6.90. The molecule has 1 N–H and O–H groups in total. The van der Waals surface area contributed by atoms with Gasteiger partial charge in [0.2, 0.25) is 0 Å². The van der Waals surface area contributed by atoms with E-state index in [0.29, 0.717) is 11.5 Å². The van der Waals surface area contributed by atoms with E-state index < -0.39 is 0 Å². The van der Waals surface area contributed by atoms with Crippen LogP contribution >= 0.6 is 0 Å². The zero-order valence-corrected chi connectivity index (χ0v) is 12.1. The van der Waals surface area contributed by atoms with Crippen LogP contribution in [0, 0.1) is 5.41 Å². The smallest absolute Gasteiger partial charge is 0.0107 e. The average molecular weight is 245 g/mol. The Balaban J connectivity index is 1.90. The Morgan fingerprint density at radius 3 is 2.28 bits per heavy atom. The van der Waals surface area contributed by atoms with Crippen LogP contribution in [0.4, 0.5) is 0 Å². The van der Waals surface area contributed by atoms with Gasteiger partial charge in [-0.3, -0.25) is 0 Å². The third-order valence-corrected chi connectivity index (χ3v) is 3.65. The Morgan fingerprint density at radius 1 is 1.06 bits per heavy atom. The largest absolute Gasteiger partial charge is 0.314 e. The van der Waals surface area contributed by atoms with Gasteiger partial charge >= 0.3 is 0 Å². The van der Waals surface area contributed by atoms with E-state index in [-0.39, 0.29) is 0 Å². The summed E-state index contributed by atoms with van der Waals surface area (Å²) in [6.45, 7) is 8.10. The van der Waals surface area contributed by atoms with Gasteiger partial charge in [0.1, 0.15) is 0 Å². The summed E-state index contributed by atoms with van der Waals surface area (Å²) < 4.78 is 0. The first kappa shape index (κ1) is 13.6. The number of piperidine rings is 1. The molecule has 18 heavy (non-hydrogen) atoms. The molecule has 100 valence electrons. The van der Waals surface area contributed by atoms with Crippen LogP contribution in [0.1, 0.15) is 51.2 Å². The first-order valence-electron chi connectivity index (χ1n) is 7.34. The third-order valence-electron chi connectivity index (χ3n) is 3.65. The maximum absolute atomic E-state index is 3.62. The predicted octanol–water partition coefficient (Wildman–Crippen LogP) is 3.96. The molecule has 0 bridgehead atoms. The molecule has 0 radical (unpaired) electrons. The molecular weight excluding hydrogens is 218 g/mol. The molecule has 1 saturated heterocycles. The summed E-state index contributed by atoms with van der Waals surface area (Å²) in [5.41, 5.74) is 3.32. The zero-order valence-electron chi connectivity index (χ0n) is 12.1. The Kier molecular flexibility index (Phi) is 4.45. The monoisotopic (exact) mass is 245 g/mol. The van der Waals surface area contributed by atoms with Crippen molar-refractivity contribution < 1.29 is 0 Å². The van der Waals surface area contributed by atoms with E-state index in [0.717, 1.165) is 6.42 Å².